The summed E-state index contributed by atoms with van der Waals surface area (Å²) in [5, 5.41) is 12.4. The van der Waals surface area contributed by atoms with Crippen LogP contribution in [0.3, 0.4) is 0 Å². The van der Waals surface area contributed by atoms with Gasteiger partial charge in [0.05, 0.1) is 22.3 Å². The van der Waals surface area contributed by atoms with Crippen LogP contribution < -0.4 is 16.2 Å². The Balaban J connectivity index is 1.88. The minimum Gasteiger partial charge on any atom is -0.478 e. The van der Waals surface area contributed by atoms with Crippen LogP contribution in [0.15, 0.2) is 72.8 Å². The third-order valence-electron chi connectivity index (χ3n) is 6.48. The number of amides is 3. The van der Waals surface area contributed by atoms with Crippen molar-refractivity contribution in [3.05, 3.63) is 101 Å². The molecule has 3 aromatic rings. The van der Waals surface area contributed by atoms with E-state index in [1.807, 2.05) is 5.43 Å². The predicted molar refractivity (Wildman–Crippen MR) is 159 cm³/mol. The lowest BCUT2D eigenvalue weighted by Gasteiger charge is -2.24. The molecule has 0 aliphatic carbocycles. The number of aliphatic carboxylic acids is 1. The molecule has 266 valence electrons. The second-order valence-corrected chi connectivity index (χ2v) is 11.4. The Bertz CT molecular complexity index is 1790. The van der Waals surface area contributed by atoms with Crippen LogP contribution in [0.5, 0.6) is 0 Å². The molecule has 3 aromatic carbocycles. The second-order valence-electron chi connectivity index (χ2n) is 11.4. The van der Waals surface area contributed by atoms with Crippen molar-refractivity contribution in [2.75, 3.05) is 5.32 Å². The fraction of sp³-hybridized carbons (Fsp3) is 0.250. The molecule has 0 saturated heterocycles. The first-order valence-electron chi connectivity index (χ1n) is 14.1. The van der Waals surface area contributed by atoms with Crippen molar-refractivity contribution in [1.82, 2.24) is 10.9 Å². The smallest absolute Gasteiger partial charge is 0.416 e. The summed E-state index contributed by atoms with van der Waals surface area (Å²) in [7, 11) is 0. The number of ether oxygens (including phenoxy) is 2. The van der Waals surface area contributed by atoms with Gasteiger partial charge in [0.2, 0.25) is 18.1 Å². The molecule has 0 spiro atoms. The Hall–Kier alpha value is -5.94. The molecule has 18 heteroatoms. The molecule has 0 fully saturated rings. The van der Waals surface area contributed by atoms with Gasteiger partial charge in [-0.1, -0.05) is 32.9 Å². The average Bonchev–Trinajstić information content (AvgIpc) is 3.03. The van der Waals surface area contributed by atoms with Gasteiger partial charge in [0.25, 0.3) is 11.8 Å². The number of carboxylic acid groups (broad SMARTS) is 1. The topological polar surface area (TPSA) is 177 Å². The monoisotopic (exact) mass is 711 g/mol. The van der Waals surface area contributed by atoms with Crippen molar-refractivity contribution >= 4 is 41.3 Å². The summed E-state index contributed by atoms with van der Waals surface area (Å²) in [6.45, 7) is 4.99. The standard InChI is InChI=1S/C32H27F6N3O9/c1-30(2,3)29(48)39-21-12-10-16(11-13-21)24(42)40-41-25(43)22(49-27(46)17-6-4-8-19(14-17)31(33,34)35)23(26(44)45)50-28(47)18-7-5-9-20(15-18)32(36,37)38/h4-15,22-23H,1-3H3,(H,39,48)(H,40,42)(H,41,43)(H,44,45)/t22-,23+/m0/s1. The number of rotatable bonds is 9. The molecule has 3 rings (SSSR count). The number of hydrogen-bond donors (Lipinski definition) is 4. The third-order valence-corrected chi connectivity index (χ3v) is 6.48. The summed E-state index contributed by atoms with van der Waals surface area (Å²) in [4.78, 5) is 75.8. The van der Waals surface area contributed by atoms with Gasteiger partial charge in [-0.05, 0) is 60.7 Å². The number of alkyl halides is 6. The van der Waals surface area contributed by atoms with E-state index in [9.17, 15) is 60.2 Å². The number of nitrogens with one attached hydrogen (secondary N) is 3. The Morgan fingerprint density at radius 1 is 0.640 bits per heavy atom. The van der Waals surface area contributed by atoms with Gasteiger partial charge in [-0.25, -0.2) is 14.4 Å². The number of carboxylic acids is 1. The van der Waals surface area contributed by atoms with Crippen molar-refractivity contribution in [3.8, 4) is 0 Å². The number of benzene rings is 3. The van der Waals surface area contributed by atoms with Crippen LogP contribution in [0.2, 0.25) is 0 Å². The number of esters is 2. The molecule has 0 bridgehead atoms. The van der Waals surface area contributed by atoms with E-state index in [-0.39, 0.29) is 11.5 Å². The van der Waals surface area contributed by atoms with E-state index in [4.69, 9.17) is 9.47 Å². The molecule has 3 amide bonds. The van der Waals surface area contributed by atoms with Crippen LogP contribution >= 0.6 is 0 Å². The first kappa shape index (κ1) is 38.5. The highest BCUT2D eigenvalue weighted by molar-refractivity contribution is 6.00. The normalized spacial score (nSPS) is 12.9. The van der Waals surface area contributed by atoms with Crippen LogP contribution in [0.25, 0.3) is 0 Å². The molecule has 2 atom stereocenters. The number of halogens is 6. The molecular formula is C32H27F6N3O9. The summed E-state index contributed by atoms with van der Waals surface area (Å²) in [6, 6.07) is 10.2. The van der Waals surface area contributed by atoms with Gasteiger partial charge in [-0.3, -0.25) is 25.2 Å². The summed E-state index contributed by atoms with van der Waals surface area (Å²) in [5.74, 6) is -8.67. The molecule has 0 heterocycles. The van der Waals surface area contributed by atoms with Gasteiger partial charge in [0.1, 0.15) is 0 Å². The van der Waals surface area contributed by atoms with E-state index >= 15 is 0 Å². The number of anilines is 1. The summed E-state index contributed by atoms with van der Waals surface area (Å²) < 4.78 is 88.8. The zero-order valence-electron chi connectivity index (χ0n) is 26.1. The van der Waals surface area contributed by atoms with Crippen molar-refractivity contribution in [2.45, 2.75) is 45.3 Å². The molecule has 0 aliphatic rings. The van der Waals surface area contributed by atoms with Gasteiger partial charge < -0.3 is 19.9 Å². The van der Waals surface area contributed by atoms with E-state index in [1.165, 1.54) is 24.3 Å². The van der Waals surface area contributed by atoms with Crippen LogP contribution in [-0.2, 0) is 36.2 Å². The highest BCUT2D eigenvalue weighted by Gasteiger charge is 2.42. The van der Waals surface area contributed by atoms with Crippen LogP contribution in [-0.4, -0.2) is 52.9 Å². The van der Waals surface area contributed by atoms with Crippen LogP contribution in [0.4, 0.5) is 32.0 Å². The lowest BCUT2D eigenvalue weighted by molar-refractivity contribution is -0.159. The summed E-state index contributed by atoms with van der Waals surface area (Å²) in [5.41, 5.74) is -1.23. The molecule has 12 nitrogen and oxygen atoms in total. The maximum Gasteiger partial charge on any atom is 0.416 e. The van der Waals surface area contributed by atoms with Gasteiger partial charge in [-0.2, -0.15) is 26.3 Å². The highest BCUT2D eigenvalue weighted by atomic mass is 19.4. The first-order chi connectivity index (χ1) is 23.1. The molecule has 0 aliphatic heterocycles. The van der Waals surface area contributed by atoms with Crippen LogP contribution in [0, 0.1) is 5.41 Å². The fourth-order valence-electron chi connectivity index (χ4n) is 3.79. The van der Waals surface area contributed by atoms with E-state index < -0.39 is 82.0 Å². The van der Waals surface area contributed by atoms with Gasteiger partial charge in [0, 0.05) is 16.7 Å². The Kier molecular flexibility index (Phi) is 11.6. The lowest BCUT2D eigenvalue weighted by Crippen LogP contribution is -2.54. The maximum absolute atomic E-state index is 13.2. The average molecular weight is 712 g/mol. The largest absolute Gasteiger partial charge is 0.478 e. The molecular weight excluding hydrogens is 684 g/mol. The summed E-state index contributed by atoms with van der Waals surface area (Å²) >= 11 is 0. The molecule has 4 N–H and O–H groups in total. The molecule has 0 aromatic heterocycles. The van der Waals surface area contributed by atoms with Crippen molar-refractivity contribution in [2.24, 2.45) is 5.41 Å². The van der Waals surface area contributed by atoms with Crippen molar-refractivity contribution < 1.29 is 69.7 Å². The van der Waals surface area contributed by atoms with Gasteiger partial charge in [0.15, 0.2) is 0 Å². The van der Waals surface area contributed by atoms with E-state index in [1.54, 1.807) is 26.2 Å². The number of carbonyl (C=O) groups is 6. The number of hydrogen-bond acceptors (Lipinski definition) is 8. The van der Waals surface area contributed by atoms with Gasteiger partial charge in [-0.15, -0.1) is 0 Å². The minimum atomic E-state index is -4.93. The third kappa shape index (κ3) is 10.3. The van der Waals surface area contributed by atoms with Gasteiger partial charge >= 0.3 is 30.3 Å². The number of hydrazine groups is 1. The quantitative estimate of drug-likeness (QED) is 0.135. The van der Waals surface area contributed by atoms with E-state index in [0.717, 1.165) is 24.3 Å². The molecule has 0 saturated carbocycles. The minimum absolute atomic E-state index is 0.123. The second kappa shape index (κ2) is 15.1. The zero-order chi connectivity index (χ0) is 37.6. The maximum atomic E-state index is 13.2. The molecule has 0 radical (unpaired) electrons. The Morgan fingerprint density at radius 3 is 1.52 bits per heavy atom. The fourth-order valence-corrected chi connectivity index (χ4v) is 3.79. The van der Waals surface area contributed by atoms with E-state index in [2.05, 4.69) is 5.32 Å². The lowest BCUT2D eigenvalue weighted by atomic mass is 9.95. The highest BCUT2D eigenvalue weighted by Crippen LogP contribution is 2.31. The van der Waals surface area contributed by atoms with E-state index in [0.29, 0.717) is 30.0 Å². The van der Waals surface area contributed by atoms with Crippen molar-refractivity contribution in [1.29, 1.82) is 0 Å². The van der Waals surface area contributed by atoms with Crippen LogP contribution in [0.1, 0.15) is 63.0 Å². The SMILES string of the molecule is CC(C)(C)C(=O)Nc1ccc(C(=O)NNC(=O)[C@@H](OC(=O)c2cccc(C(F)(F)F)c2)[C@@H](OC(=O)c2cccc(C(F)(F)F)c2)C(=O)O)cc1. The Morgan fingerprint density at radius 2 is 1.10 bits per heavy atom. The molecule has 0 unspecified atom stereocenters. The van der Waals surface area contributed by atoms with Crippen molar-refractivity contribution in [3.63, 3.8) is 0 Å². The molecule has 50 heavy (non-hydrogen) atoms. The first-order valence-corrected chi connectivity index (χ1v) is 14.1. The Labute approximate surface area is 278 Å². The zero-order valence-corrected chi connectivity index (χ0v) is 26.1. The summed E-state index contributed by atoms with van der Waals surface area (Å²) in [6.07, 6.45) is -15.4. The predicted octanol–water partition coefficient (Wildman–Crippen LogP) is 5.01. The number of carbonyl (C=O) groups excluding carboxylic acids is 5.